The van der Waals surface area contributed by atoms with Gasteiger partial charge in [-0.15, -0.1) is 4.72 Å². The predicted molar refractivity (Wildman–Crippen MR) is 96.6 cm³/mol. The average molecular weight is 390 g/mol. The van der Waals surface area contributed by atoms with Crippen molar-refractivity contribution in [2.24, 2.45) is 0 Å². The molecule has 4 atom stereocenters. The molecular weight excluding hydrogens is 365 g/mol. The van der Waals surface area contributed by atoms with Crippen molar-refractivity contribution >= 4 is 21.2 Å². The van der Waals surface area contributed by atoms with Gasteiger partial charge in [0.05, 0.1) is 11.2 Å². The van der Waals surface area contributed by atoms with E-state index in [1.807, 2.05) is 0 Å². The summed E-state index contributed by atoms with van der Waals surface area (Å²) in [6.45, 7) is 5.19. The van der Waals surface area contributed by atoms with E-state index in [0.29, 0.717) is 12.8 Å². The first-order valence-corrected chi connectivity index (χ1v) is 10.7. The molecule has 0 spiro atoms. The molecule has 8 heteroatoms. The van der Waals surface area contributed by atoms with Crippen molar-refractivity contribution in [2.45, 2.75) is 60.9 Å². The normalized spacial score (nSPS) is 22.0. The van der Waals surface area contributed by atoms with Crippen molar-refractivity contribution in [2.75, 3.05) is 0 Å². The standard InChI is InChI=1S/C17H24FNO4S2/c1-17(2,3)24(20)19-15(14-11-7-8-12-23-14)16(18)25(21,22)13-9-5-4-6-10-13/h4-6,8-10,12,14-16,19H,7,11H2,1-3H3/t14?,15-,16+,24?/m0/s1. The second-order valence-corrected chi connectivity index (χ2v) is 10.9. The van der Waals surface area contributed by atoms with Crippen LogP contribution in [0, 0.1) is 0 Å². The van der Waals surface area contributed by atoms with Gasteiger partial charge in [-0.2, -0.15) is 0 Å². The van der Waals surface area contributed by atoms with Gasteiger partial charge < -0.3 is 9.29 Å². The molecule has 5 nitrogen and oxygen atoms in total. The smallest absolute Gasteiger partial charge is 0.228 e. The lowest BCUT2D eigenvalue weighted by Gasteiger charge is -2.33. The maximum absolute atomic E-state index is 15.2. The Hall–Kier alpha value is -1.09. The van der Waals surface area contributed by atoms with Crippen LogP contribution in [0.15, 0.2) is 47.6 Å². The lowest BCUT2D eigenvalue weighted by molar-refractivity contribution is 0.0758. The second-order valence-electron chi connectivity index (χ2n) is 6.86. The molecule has 1 aliphatic rings. The molecule has 1 aromatic rings. The molecule has 0 aliphatic carbocycles. The number of benzene rings is 1. The molecule has 0 aromatic heterocycles. The molecule has 0 fully saturated rings. The molecule has 0 bridgehead atoms. The van der Waals surface area contributed by atoms with Gasteiger partial charge in [-0.3, -0.25) is 0 Å². The summed E-state index contributed by atoms with van der Waals surface area (Å²) in [5.74, 6) is 0. The van der Waals surface area contributed by atoms with Crippen LogP contribution in [0.3, 0.4) is 0 Å². The Morgan fingerprint density at radius 3 is 2.48 bits per heavy atom. The first kappa shape index (κ1) is 20.2. The second kappa shape index (κ2) is 8.07. The van der Waals surface area contributed by atoms with Crippen LogP contribution in [0.25, 0.3) is 0 Å². The number of hydrogen-bond donors (Lipinski definition) is 1. The Balaban J connectivity index is 2.32. The number of hydrogen-bond acceptors (Lipinski definition) is 5. The minimum atomic E-state index is -4.25. The highest BCUT2D eigenvalue weighted by Crippen LogP contribution is 2.27. The minimum Gasteiger partial charge on any atom is -0.598 e. The van der Waals surface area contributed by atoms with Crippen molar-refractivity contribution in [3.8, 4) is 0 Å². The van der Waals surface area contributed by atoms with E-state index < -0.39 is 43.6 Å². The SMILES string of the molecule is CC(C)(C)[S+]([O-])N[C@@H](C1CCC=CO1)[C@H](F)S(=O)(=O)c1ccccc1. The molecule has 0 radical (unpaired) electrons. The van der Waals surface area contributed by atoms with Gasteiger partial charge in [0.1, 0.15) is 16.9 Å². The molecule has 1 aromatic carbocycles. The van der Waals surface area contributed by atoms with E-state index in [0.717, 1.165) is 0 Å². The van der Waals surface area contributed by atoms with E-state index in [4.69, 9.17) is 4.74 Å². The Morgan fingerprint density at radius 2 is 1.96 bits per heavy atom. The van der Waals surface area contributed by atoms with Gasteiger partial charge in [0, 0.05) is 11.4 Å². The van der Waals surface area contributed by atoms with E-state index in [2.05, 4.69) is 4.72 Å². The third-order valence-corrected chi connectivity index (χ3v) is 7.23. The summed E-state index contributed by atoms with van der Waals surface area (Å²) in [5, 5.41) is 0. The van der Waals surface area contributed by atoms with Crippen LogP contribution in [-0.2, 0) is 25.9 Å². The summed E-state index contributed by atoms with van der Waals surface area (Å²) in [5.41, 5.74) is -2.28. The number of rotatable bonds is 6. The van der Waals surface area contributed by atoms with Crippen molar-refractivity contribution in [1.82, 2.24) is 4.72 Å². The van der Waals surface area contributed by atoms with Gasteiger partial charge in [-0.25, -0.2) is 12.8 Å². The van der Waals surface area contributed by atoms with Crippen LogP contribution >= 0.6 is 0 Å². The van der Waals surface area contributed by atoms with Crippen LogP contribution in [0.1, 0.15) is 33.6 Å². The summed E-state index contributed by atoms with van der Waals surface area (Å²) in [7, 11) is -4.25. The fraction of sp³-hybridized carbons (Fsp3) is 0.529. The molecule has 25 heavy (non-hydrogen) atoms. The lowest BCUT2D eigenvalue weighted by Crippen LogP contribution is -2.55. The molecule has 0 saturated heterocycles. The topological polar surface area (TPSA) is 78.5 Å². The molecule has 140 valence electrons. The highest BCUT2D eigenvalue weighted by Gasteiger charge is 2.44. The molecule has 2 rings (SSSR count). The molecule has 2 unspecified atom stereocenters. The van der Waals surface area contributed by atoms with Gasteiger partial charge in [-0.1, -0.05) is 18.2 Å². The zero-order chi connectivity index (χ0) is 18.7. The number of alkyl halides is 1. The first-order chi connectivity index (χ1) is 11.6. The Morgan fingerprint density at radius 1 is 1.32 bits per heavy atom. The largest absolute Gasteiger partial charge is 0.598 e. The summed E-state index contributed by atoms with van der Waals surface area (Å²) < 4.78 is 60.4. The third kappa shape index (κ3) is 4.97. The average Bonchev–Trinajstić information content (AvgIpc) is 2.59. The fourth-order valence-corrected chi connectivity index (χ4v) is 4.73. The monoisotopic (exact) mass is 389 g/mol. The van der Waals surface area contributed by atoms with Crippen LogP contribution < -0.4 is 4.72 Å². The number of nitrogens with one attached hydrogen (secondary N) is 1. The lowest BCUT2D eigenvalue weighted by atomic mass is 10.1. The van der Waals surface area contributed by atoms with Crippen LogP contribution in [0.4, 0.5) is 4.39 Å². The summed E-state index contributed by atoms with van der Waals surface area (Å²) in [6, 6.07) is 6.19. The number of ether oxygens (including phenoxy) is 1. The van der Waals surface area contributed by atoms with Gasteiger partial charge >= 0.3 is 0 Å². The number of allylic oxidation sites excluding steroid dienone is 1. The molecular formula is C17H24FNO4S2. The quantitative estimate of drug-likeness (QED) is 0.757. The Kier molecular flexibility index (Phi) is 6.53. The zero-order valence-corrected chi connectivity index (χ0v) is 16.1. The predicted octanol–water partition coefficient (Wildman–Crippen LogP) is 2.87. The maximum atomic E-state index is 15.2. The van der Waals surface area contributed by atoms with E-state index >= 15 is 4.39 Å². The van der Waals surface area contributed by atoms with Crippen molar-refractivity contribution in [3.05, 3.63) is 42.7 Å². The van der Waals surface area contributed by atoms with E-state index in [1.54, 1.807) is 32.9 Å². The van der Waals surface area contributed by atoms with Crippen molar-refractivity contribution < 1.29 is 22.1 Å². The van der Waals surface area contributed by atoms with E-state index in [1.165, 1.54) is 30.5 Å². The van der Waals surface area contributed by atoms with Gasteiger partial charge in [0.15, 0.2) is 0 Å². The number of sulfone groups is 1. The molecule has 1 aliphatic heterocycles. The third-order valence-electron chi connectivity index (χ3n) is 3.82. The summed E-state index contributed by atoms with van der Waals surface area (Å²) in [4.78, 5) is -0.109. The summed E-state index contributed by atoms with van der Waals surface area (Å²) >= 11 is -1.64. The summed E-state index contributed by atoms with van der Waals surface area (Å²) in [6.07, 6.45) is 3.59. The van der Waals surface area contributed by atoms with Crippen LogP contribution in [-0.4, -0.2) is 35.4 Å². The van der Waals surface area contributed by atoms with Crippen molar-refractivity contribution in [1.29, 1.82) is 0 Å². The fourth-order valence-electron chi connectivity index (χ4n) is 2.35. The molecule has 1 N–H and O–H groups in total. The highest BCUT2D eigenvalue weighted by molar-refractivity contribution is 7.92. The molecule has 1 heterocycles. The zero-order valence-electron chi connectivity index (χ0n) is 14.5. The molecule has 0 saturated carbocycles. The highest BCUT2D eigenvalue weighted by atomic mass is 32.2. The van der Waals surface area contributed by atoms with E-state index in [-0.39, 0.29) is 4.90 Å². The van der Waals surface area contributed by atoms with Crippen LogP contribution in [0.2, 0.25) is 0 Å². The maximum Gasteiger partial charge on any atom is 0.228 e. The van der Waals surface area contributed by atoms with E-state index in [9.17, 15) is 13.0 Å². The van der Waals surface area contributed by atoms with Gasteiger partial charge in [0.2, 0.25) is 15.3 Å². The first-order valence-electron chi connectivity index (χ1n) is 8.05. The Labute approximate surface area is 151 Å². The van der Waals surface area contributed by atoms with Crippen molar-refractivity contribution in [3.63, 3.8) is 0 Å². The Bertz CT molecular complexity index is 688. The molecule has 0 amide bonds. The van der Waals surface area contributed by atoms with Gasteiger partial charge in [-0.05, 0) is 51.8 Å². The van der Waals surface area contributed by atoms with Gasteiger partial charge in [0.25, 0.3) is 0 Å². The van der Waals surface area contributed by atoms with Crippen LogP contribution in [0.5, 0.6) is 0 Å². The number of halogens is 1. The minimum absolute atomic E-state index is 0.109.